The molecule has 0 aromatic heterocycles. The molecule has 3 N–H and O–H groups in total. The van der Waals surface area contributed by atoms with E-state index in [0.717, 1.165) is 12.3 Å². The number of nitrogens with two attached hydrogens (primary N) is 1. The number of benzene rings is 2. The molecule has 0 unspecified atom stereocenters. The second-order valence-corrected chi connectivity index (χ2v) is 5.61. The Morgan fingerprint density at radius 1 is 1.46 bits per heavy atom. The Morgan fingerprint density at radius 3 is 2.79 bits per heavy atom. The van der Waals surface area contributed by atoms with Gasteiger partial charge in [-0.2, -0.15) is 0 Å². The number of nitrogens with zero attached hydrogens (tertiary/aromatic N) is 1. The van der Waals surface area contributed by atoms with Gasteiger partial charge in [-0.05, 0) is 41.1 Å². The first-order valence-corrected chi connectivity index (χ1v) is 7.52. The zero-order valence-electron chi connectivity index (χ0n) is 12.5. The first-order chi connectivity index (χ1) is 11.3. The molecule has 2 aromatic carbocycles. The predicted octanol–water partition coefficient (Wildman–Crippen LogP) is 4.55. The topological polar surface area (TPSA) is 102 Å². The van der Waals surface area contributed by atoms with E-state index in [4.69, 9.17) is 15.9 Å². The molecule has 8 heteroatoms. The van der Waals surface area contributed by atoms with E-state index in [1.165, 1.54) is 13.0 Å². The van der Waals surface area contributed by atoms with Gasteiger partial charge in [0.2, 0.25) is 0 Å². The van der Waals surface area contributed by atoms with Gasteiger partial charge in [-0.1, -0.05) is 12.1 Å². The molecular formula is C16H13BrFN3O3. The summed E-state index contributed by atoms with van der Waals surface area (Å²) in [5.74, 6) is -0.695. The molecule has 2 aromatic rings. The lowest BCUT2D eigenvalue weighted by molar-refractivity contribution is -0.385. The van der Waals surface area contributed by atoms with Crippen LogP contribution in [-0.4, -0.2) is 11.1 Å². The highest BCUT2D eigenvalue weighted by atomic mass is 79.9. The number of halogens is 2. The molecule has 0 aliphatic heterocycles. The van der Waals surface area contributed by atoms with Crippen LogP contribution in [-0.2, 0) is 0 Å². The molecule has 124 valence electrons. The fourth-order valence-corrected chi connectivity index (χ4v) is 2.48. The van der Waals surface area contributed by atoms with E-state index in [9.17, 15) is 14.5 Å². The third-order valence-electron chi connectivity index (χ3n) is 3.24. The number of hydrogen-bond donors (Lipinski definition) is 2. The van der Waals surface area contributed by atoms with Crippen LogP contribution < -0.4 is 10.5 Å². The maximum atomic E-state index is 14.2. The third kappa shape index (κ3) is 3.60. The minimum absolute atomic E-state index is 0.148. The lowest BCUT2D eigenvalue weighted by atomic mass is 10.1. The molecule has 0 heterocycles. The number of nitro groups is 1. The lowest BCUT2D eigenvalue weighted by Gasteiger charge is -2.12. The average molecular weight is 394 g/mol. The van der Waals surface area contributed by atoms with Gasteiger partial charge in [0.15, 0.2) is 11.6 Å². The van der Waals surface area contributed by atoms with Crippen LogP contribution in [0.2, 0.25) is 0 Å². The van der Waals surface area contributed by atoms with Gasteiger partial charge in [0.25, 0.3) is 5.69 Å². The standard InChI is InChI=1S/C16H13BrFN3O3/c1-9-14(21(22)23)8-12(18)16(15(9)17)24-11-4-2-3-10(7-11)13(20)5-6-19/h2-8,19H,20H2,1H3/b13-5-,19-6?. The van der Waals surface area contributed by atoms with Crippen molar-refractivity contribution in [1.82, 2.24) is 0 Å². The fraction of sp³-hybridized carbons (Fsp3) is 0.0625. The van der Waals surface area contributed by atoms with Crippen LogP contribution in [0.3, 0.4) is 0 Å². The Hall–Kier alpha value is -2.74. The molecule has 24 heavy (non-hydrogen) atoms. The van der Waals surface area contributed by atoms with Gasteiger partial charge in [-0.25, -0.2) is 4.39 Å². The molecule has 0 spiro atoms. The largest absolute Gasteiger partial charge is 0.453 e. The van der Waals surface area contributed by atoms with Crippen molar-refractivity contribution in [2.45, 2.75) is 6.92 Å². The Bertz CT molecular complexity index is 853. The van der Waals surface area contributed by atoms with Gasteiger partial charge in [0, 0.05) is 23.0 Å². The van der Waals surface area contributed by atoms with Crippen molar-refractivity contribution >= 4 is 33.5 Å². The van der Waals surface area contributed by atoms with Crippen molar-refractivity contribution in [3.8, 4) is 11.5 Å². The van der Waals surface area contributed by atoms with Gasteiger partial charge in [0.1, 0.15) is 5.75 Å². The Kier molecular flexibility index (Phi) is 5.30. The average Bonchev–Trinajstić information content (AvgIpc) is 2.55. The van der Waals surface area contributed by atoms with Crippen molar-refractivity contribution in [3.05, 3.63) is 67.9 Å². The zero-order chi connectivity index (χ0) is 17.9. The number of nitro benzene ring substituents is 1. The molecular weight excluding hydrogens is 381 g/mol. The predicted molar refractivity (Wildman–Crippen MR) is 93.0 cm³/mol. The Balaban J connectivity index is 2.44. The van der Waals surface area contributed by atoms with E-state index in [1.807, 2.05) is 0 Å². The summed E-state index contributed by atoms with van der Waals surface area (Å²) >= 11 is 3.14. The first-order valence-electron chi connectivity index (χ1n) is 6.72. The molecule has 6 nitrogen and oxygen atoms in total. The molecule has 0 bridgehead atoms. The maximum Gasteiger partial charge on any atom is 0.276 e. The highest BCUT2D eigenvalue weighted by Gasteiger charge is 2.22. The van der Waals surface area contributed by atoms with Gasteiger partial charge < -0.3 is 15.9 Å². The smallest absolute Gasteiger partial charge is 0.276 e. The van der Waals surface area contributed by atoms with Crippen LogP contribution in [0.5, 0.6) is 11.5 Å². The van der Waals surface area contributed by atoms with Crippen LogP contribution in [0.1, 0.15) is 11.1 Å². The normalized spacial score (nSPS) is 11.2. The summed E-state index contributed by atoms with van der Waals surface area (Å²) in [5.41, 5.74) is 6.69. The van der Waals surface area contributed by atoms with Crippen LogP contribution in [0, 0.1) is 28.3 Å². The van der Waals surface area contributed by atoms with Gasteiger partial charge in [-0.15, -0.1) is 0 Å². The lowest BCUT2D eigenvalue weighted by Crippen LogP contribution is -1.99. The summed E-state index contributed by atoms with van der Waals surface area (Å²) in [4.78, 5) is 10.3. The maximum absolute atomic E-state index is 14.2. The SMILES string of the molecule is Cc1c([N+](=O)[O-])cc(F)c(Oc2cccc(/C(N)=C/C=N)c2)c1Br. The second-order valence-electron chi connectivity index (χ2n) is 4.82. The van der Waals surface area contributed by atoms with Crippen molar-refractivity contribution in [2.24, 2.45) is 5.73 Å². The molecule has 0 saturated heterocycles. The van der Waals surface area contributed by atoms with Gasteiger partial charge in [-0.3, -0.25) is 10.1 Å². The monoisotopic (exact) mass is 393 g/mol. The summed E-state index contributed by atoms with van der Waals surface area (Å²) < 4.78 is 19.9. The Morgan fingerprint density at radius 2 is 2.17 bits per heavy atom. The Labute approximate surface area is 145 Å². The van der Waals surface area contributed by atoms with Gasteiger partial charge in [0.05, 0.1) is 15.5 Å². The minimum Gasteiger partial charge on any atom is -0.453 e. The molecule has 2 rings (SSSR count). The fourth-order valence-electron chi connectivity index (χ4n) is 2.01. The summed E-state index contributed by atoms with van der Waals surface area (Å²) in [6.45, 7) is 1.50. The number of hydrogen-bond acceptors (Lipinski definition) is 5. The summed E-state index contributed by atoms with van der Waals surface area (Å²) in [6, 6.07) is 7.39. The van der Waals surface area contributed by atoms with E-state index in [1.54, 1.807) is 24.3 Å². The molecule has 0 aliphatic carbocycles. The second kappa shape index (κ2) is 7.22. The highest BCUT2D eigenvalue weighted by Crippen LogP contribution is 2.39. The summed E-state index contributed by atoms with van der Waals surface area (Å²) in [5, 5.41) is 17.9. The zero-order valence-corrected chi connectivity index (χ0v) is 14.1. The van der Waals surface area contributed by atoms with E-state index >= 15 is 0 Å². The van der Waals surface area contributed by atoms with Crippen LogP contribution in [0.4, 0.5) is 10.1 Å². The molecule has 0 atom stereocenters. The third-order valence-corrected chi connectivity index (χ3v) is 4.19. The summed E-state index contributed by atoms with van der Waals surface area (Å²) in [6.07, 6.45) is 2.46. The molecule has 0 saturated carbocycles. The van der Waals surface area contributed by atoms with Crippen LogP contribution in [0.25, 0.3) is 5.70 Å². The summed E-state index contributed by atoms with van der Waals surface area (Å²) in [7, 11) is 0. The minimum atomic E-state index is -0.854. The number of nitrogens with one attached hydrogen (secondary N) is 1. The van der Waals surface area contributed by atoms with Crippen molar-refractivity contribution in [2.75, 3.05) is 0 Å². The van der Waals surface area contributed by atoms with Crippen molar-refractivity contribution < 1.29 is 14.1 Å². The number of allylic oxidation sites excluding steroid dienone is 1. The van der Waals surface area contributed by atoms with Crippen molar-refractivity contribution in [3.63, 3.8) is 0 Å². The first kappa shape index (κ1) is 17.6. The van der Waals surface area contributed by atoms with E-state index in [0.29, 0.717) is 17.0 Å². The van der Waals surface area contributed by atoms with E-state index in [-0.39, 0.29) is 21.5 Å². The highest BCUT2D eigenvalue weighted by molar-refractivity contribution is 9.10. The quantitative estimate of drug-likeness (QED) is 0.441. The molecule has 0 radical (unpaired) electrons. The van der Waals surface area contributed by atoms with Gasteiger partial charge >= 0.3 is 0 Å². The van der Waals surface area contributed by atoms with Crippen LogP contribution >= 0.6 is 15.9 Å². The molecule has 0 amide bonds. The van der Waals surface area contributed by atoms with Crippen molar-refractivity contribution in [1.29, 1.82) is 5.41 Å². The van der Waals surface area contributed by atoms with E-state index in [2.05, 4.69) is 15.9 Å². The van der Waals surface area contributed by atoms with E-state index < -0.39 is 10.7 Å². The molecule has 0 aliphatic rings. The number of rotatable bonds is 5. The molecule has 0 fully saturated rings. The van der Waals surface area contributed by atoms with Crippen LogP contribution in [0.15, 0.2) is 40.9 Å². The number of ether oxygens (including phenoxy) is 1.